The van der Waals surface area contributed by atoms with Crippen molar-refractivity contribution < 1.29 is 4.79 Å². The largest absolute Gasteiger partial charge is 0.293 e. The van der Waals surface area contributed by atoms with Crippen molar-refractivity contribution in [3.05, 3.63) is 71.3 Å². The van der Waals surface area contributed by atoms with Gasteiger partial charge in [0.2, 0.25) is 0 Å². The molecule has 0 saturated carbocycles. The van der Waals surface area contributed by atoms with E-state index in [0.717, 1.165) is 17.5 Å². The lowest BCUT2D eigenvalue weighted by atomic mass is 9.98. The fraction of sp³-hybridized carbons (Fsp3) is 0.133. The Morgan fingerprint density at radius 1 is 0.941 bits per heavy atom. The number of benzene rings is 2. The zero-order chi connectivity index (χ0) is 12.1. The molecular formula is C15H13BrO. The van der Waals surface area contributed by atoms with Crippen LogP contribution < -0.4 is 0 Å². The zero-order valence-corrected chi connectivity index (χ0v) is 11.0. The third-order valence-corrected chi connectivity index (χ3v) is 3.19. The Labute approximate surface area is 110 Å². The van der Waals surface area contributed by atoms with Crippen LogP contribution in [0.2, 0.25) is 0 Å². The molecule has 0 atom stereocenters. The van der Waals surface area contributed by atoms with Crippen LogP contribution in [0.15, 0.2) is 54.6 Å². The molecule has 0 bridgehead atoms. The van der Waals surface area contributed by atoms with E-state index in [9.17, 15) is 4.79 Å². The average Bonchev–Trinajstić information content (AvgIpc) is 2.40. The minimum absolute atomic E-state index is 0.136. The predicted molar refractivity (Wildman–Crippen MR) is 73.8 cm³/mol. The highest BCUT2D eigenvalue weighted by Gasteiger charge is 2.09. The van der Waals surface area contributed by atoms with Crippen molar-refractivity contribution in [1.82, 2.24) is 0 Å². The minimum Gasteiger partial charge on any atom is -0.293 e. The van der Waals surface area contributed by atoms with Gasteiger partial charge in [-0.15, -0.1) is 0 Å². The predicted octanol–water partition coefficient (Wildman–Crippen LogP) is 3.86. The van der Waals surface area contributed by atoms with Gasteiger partial charge in [0.05, 0.1) is 5.33 Å². The molecule has 0 aliphatic carbocycles. The topological polar surface area (TPSA) is 17.1 Å². The van der Waals surface area contributed by atoms with Crippen molar-refractivity contribution in [3.63, 3.8) is 0 Å². The SMILES string of the molecule is O=C(CBr)c1ccccc1Cc1ccccc1. The molecule has 2 rings (SSSR count). The van der Waals surface area contributed by atoms with Gasteiger partial charge >= 0.3 is 0 Å². The van der Waals surface area contributed by atoms with E-state index in [1.54, 1.807) is 0 Å². The second-order valence-electron chi connectivity index (χ2n) is 3.88. The fourth-order valence-corrected chi connectivity index (χ4v) is 2.14. The summed E-state index contributed by atoms with van der Waals surface area (Å²) in [4.78, 5) is 11.8. The summed E-state index contributed by atoms with van der Waals surface area (Å²) in [5, 5.41) is 0.374. The standard InChI is InChI=1S/C15H13BrO/c16-11-15(17)14-9-5-4-8-13(14)10-12-6-2-1-3-7-12/h1-9H,10-11H2. The first-order chi connectivity index (χ1) is 8.31. The van der Waals surface area contributed by atoms with Crippen molar-refractivity contribution in [2.24, 2.45) is 0 Å². The summed E-state index contributed by atoms with van der Waals surface area (Å²) in [5.74, 6) is 0.136. The van der Waals surface area contributed by atoms with Crippen LogP contribution in [0.5, 0.6) is 0 Å². The summed E-state index contributed by atoms with van der Waals surface area (Å²) >= 11 is 3.22. The molecule has 17 heavy (non-hydrogen) atoms. The molecule has 1 nitrogen and oxygen atoms in total. The van der Waals surface area contributed by atoms with E-state index >= 15 is 0 Å². The van der Waals surface area contributed by atoms with Crippen LogP contribution in [0.3, 0.4) is 0 Å². The van der Waals surface area contributed by atoms with Gasteiger partial charge in [-0.3, -0.25) is 4.79 Å². The van der Waals surface area contributed by atoms with Crippen LogP contribution >= 0.6 is 15.9 Å². The van der Waals surface area contributed by atoms with Gasteiger partial charge in [0.1, 0.15) is 0 Å². The number of rotatable bonds is 4. The lowest BCUT2D eigenvalue weighted by molar-refractivity contribution is 0.102. The molecule has 0 aromatic heterocycles. The second kappa shape index (κ2) is 5.78. The number of carbonyl (C=O) groups is 1. The highest BCUT2D eigenvalue weighted by Crippen LogP contribution is 2.15. The van der Waals surface area contributed by atoms with Crippen molar-refractivity contribution >= 4 is 21.7 Å². The van der Waals surface area contributed by atoms with Crippen molar-refractivity contribution in [3.8, 4) is 0 Å². The van der Waals surface area contributed by atoms with Crippen molar-refractivity contribution in [2.45, 2.75) is 6.42 Å². The summed E-state index contributed by atoms with van der Waals surface area (Å²) in [7, 11) is 0. The monoisotopic (exact) mass is 288 g/mol. The first-order valence-corrected chi connectivity index (χ1v) is 6.64. The molecule has 86 valence electrons. The summed E-state index contributed by atoms with van der Waals surface area (Å²) in [5.41, 5.74) is 3.12. The Hall–Kier alpha value is -1.41. The Morgan fingerprint density at radius 3 is 2.29 bits per heavy atom. The smallest absolute Gasteiger partial charge is 0.173 e. The Balaban J connectivity index is 2.30. The van der Waals surface area contributed by atoms with Gasteiger partial charge in [0, 0.05) is 5.56 Å². The lowest BCUT2D eigenvalue weighted by Gasteiger charge is -2.07. The fourth-order valence-electron chi connectivity index (χ4n) is 1.83. The highest BCUT2D eigenvalue weighted by molar-refractivity contribution is 9.09. The molecule has 0 heterocycles. The maximum absolute atomic E-state index is 11.8. The van der Waals surface area contributed by atoms with Crippen LogP contribution in [0.4, 0.5) is 0 Å². The van der Waals surface area contributed by atoms with Gasteiger partial charge in [0.15, 0.2) is 5.78 Å². The molecule has 2 aromatic carbocycles. The summed E-state index contributed by atoms with van der Waals surface area (Å²) in [6.07, 6.45) is 0.801. The second-order valence-corrected chi connectivity index (χ2v) is 4.44. The van der Waals surface area contributed by atoms with Crippen molar-refractivity contribution in [1.29, 1.82) is 0 Å². The quantitative estimate of drug-likeness (QED) is 0.617. The Morgan fingerprint density at radius 2 is 1.59 bits per heavy atom. The van der Waals surface area contributed by atoms with Gasteiger partial charge in [-0.1, -0.05) is 70.5 Å². The number of hydrogen-bond acceptors (Lipinski definition) is 1. The molecule has 0 fully saturated rings. The van der Waals surface area contributed by atoms with Crippen LogP contribution in [-0.4, -0.2) is 11.1 Å². The molecule has 2 aromatic rings. The molecule has 0 radical (unpaired) electrons. The first kappa shape index (κ1) is 12.1. The maximum Gasteiger partial charge on any atom is 0.173 e. The summed E-state index contributed by atoms with van der Waals surface area (Å²) in [6.45, 7) is 0. The van der Waals surface area contributed by atoms with E-state index in [1.807, 2.05) is 42.5 Å². The Bertz CT molecular complexity index is 505. The van der Waals surface area contributed by atoms with Gasteiger partial charge in [-0.25, -0.2) is 0 Å². The van der Waals surface area contributed by atoms with E-state index < -0.39 is 0 Å². The number of halogens is 1. The molecule has 0 saturated heterocycles. The number of Topliss-reactive ketones (excluding diaryl/α,β-unsaturated/α-hetero) is 1. The molecule has 0 unspecified atom stereocenters. The highest BCUT2D eigenvalue weighted by atomic mass is 79.9. The van der Waals surface area contributed by atoms with E-state index in [2.05, 4.69) is 28.1 Å². The third kappa shape index (κ3) is 3.04. The van der Waals surface area contributed by atoms with Gasteiger partial charge in [0.25, 0.3) is 0 Å². The minimum atomic E-state index is 0.136. The van der Waals surface area contributed by atoms with E-state index in [4.69, 9.17) is 0 Å². The van der Waals surface area contributed by atoms with Crippen LogP contribution in [0.1, 0.15) is 21.5 Å². The number of hydrogen-bond donors (Lipinski definition) is 0. The third-order valence-electron chi connectivity index (χ3n) is 2.68. The normalized spacial score (nSPS) is 10.2. The van der Waals surface area contributed by atoms with Gasteiger partial charge < -0.3 is 0 Å². The number of ketones is 1. The maximum atomic E-state index is 11.8. The van der Waals surface area contributed by atoms with Crippen LogP contribution in [-0.2, 0) is 6.42 Å². The van der Waals surface area contributed by atoms with Crippen LogP contribution in [0.25, 0.3) is 0 Å². The molecule has 0 aliphatic heterocycles. The first-order valence-electron chi connectivity index (χ1n) is 5.52. The van der Waals surface area contributed by atoms with E-state index in [1.165, 1.54) is 5.56 Å². The van der Waals surface area contributed by atoms with E-state index in [0.29, 0.717) is 5.33 Å². The summed E-state index contributed by atoms with van der Waals surface area (Å²) in [6, 6.07) is 18.0. The van der Waals surface area contributed by atoms with Crippen molar-refractivity contribution in [2.75, 3.05) is 5.33 Å². The number of alkyl halides is 1. The molecular weight excluding hydrogens is 276 g/mol. The number of carbonyl (C=O) groups excluding carboxylic acids is 1. The molecule has 0 aliphatic rings. The van der Waals surface area contributed by atoms with Gasteiger partial charge in [-0.05, 0) is 17.5 Å². The van der Waals surface area contributed by atoms with Crippen LogP contribution in [0, 0.1) is 0 Å². The Kier molecular flexibility index (Phi) is 4.10. The van der Waals surface area contributed by atoms with E-state index in [-0.39, 0.29) is 5.78 Å². The molecule has 0 N–H and O–H groups in total. The molecule has 2 heteroatoms. The zero-order valence-electron chi connectivity index (χ0n) is 9.40. The summed E-state index contributed by atoms with van der Waals surface area (Å²) < 4.78 is 0. The molecule has 0 spiro atoms. The van der Waals surface area contributed by atoms with Gasteiger partial charge in [-0.2, -0.15) is 0 Å². The lowest BCUT2D eigenvalue weighted by Crippen LogP contribution is -2.05. The molecule has 0 amide bonds. The average molecular weight is 289 g/mol.